The summed E-state index contributed by atoms with van der Waals surface area (Å²) >= 11 is 0. The van der Waals surface area contributed by atoms with Crippen molar-refractivity contribution >= 4 is 5.84 Å². The number of hydrogen-bond donors (Lipinski definition) is 2. The molecular weight excluding hydrogens is 170 g/mol. The number of alkyl halides is 2. The molecule has 7 heteroatoms. The first-order valence-corrected chi connectivity index (χ1v) is 2.95. The van der Waals surface area contributed by atoms with Crippen LogP contribution >= 0.6 is 0 Å². The van der Waals surface area contributed by atoms with Crippen molar-refractivity contribution in [2.75, 3.05) is 0 Å². The van der Waals surface area contributed by atoms with E-state index in [0.717, 1.165) is 12.4 Å². The van der Waals surface area contributed by atoms with E-state index in [4.69, 9.17) is 10.9 Å². The van der Waals surface area contributed by atoms with Gasteiger partial charge in [-0.1, -0.05) is 5.16 Å². The van der Waals surface area contributed by atoms with Crippen molar-refractivity contribution in [1.82, 2.24) is 9.78 Å². The van der Waals surface area contributed by atoms with E-state index in [1.807, 2.05) is 0 Å². The smallest absolute Gasteiger partial charge is 0.333 e. The third-order valence-electron chi connectivity index (χ3n) is 1.20. The van der Waals surface area contributed by atoms with E-state index < -0.39 is 6.55 Å². The predicted molar refractivity (Wildman–Crippen MR) is 36.0 cm³/mol. The van der Waals surface area contributed by atoms with Gasteiger partial charge >= 0.3 is 6.55 Å². The monoisotopic (exact) mass is 176 g/mol. The van der Waals surface area contributed by atoms with Crippen LogP contribution in [0.1, 0.15) is 12.1 Å². The molecule has 66 valence electrons. The molecular formula is C5H6F2N4O. The minimum absolute atomic E-state index is 0.151. The molecule has 1 rings (SSSR count). The molecule has 0 unspecified atom stereocenters. The summed E-state index contributed by atoms with van der Waals surface area (Å²) < 4.78 is 24.2. The number of aromatic nitrogens is 2. The van der Waals surface area contributed by atoms with E-state index in [1.54, 1.807) is 0 Å². The lowest BCUT2D eigenvalue weighted by molar-refractivity contribution is 0.0566. The standard InChI is InChI=1S/C5H6F2N4O/c6-5(7)11-2-3(1-9-11)4(8)10-12/h1-2,5,12H,(H2,8,10). The topological polar surface area (TPSA) is 76.4 Å². The Morgan fingerprint density at radius 3 is 2.83 bits per heavy atom. The van der Waals surface area contributed by atoms with Gasteiger partial charge in [-0.3, -0.25) is 0 Å². The molecule has 0 atom stereocenters. The Morgan fingerprint density at radius 2 is 2.42 bits per heavy atom. The molecule has 0 spiro atoms. The Balaban J connectivity index is 2.92. The van der Waals surface area contributed by atoms with Gasteiger partial charge in [0.2, 0.25) is 0 Å². The maximum absolute atomic E-state index is 11.9. The van der Waals surface area contributed by atoms with Crippen molar-refractivity contribution in [2.24, 2.45) is 10.9 Å². The maximum atomic E-state index is 11.9. The lowest BCUT2D eigenvalue weighted by atomic mass is 10.3. The van der Waals surface area contributed by atoms with Crippen LogP contribution in [0, 0.1) is 0 Å². The molecule has 0 saturated heterocycles. The molecule has 1 heterocycles. The van der Waals surface area contributed by atoms with Crippen molar-refractivity contribution in [3.8, 4) is 0 Å². The number of nitrogens with two attached hydrogens (primary N) is 1. The Hall–Kier alpha value is -1.66. The number of rotatable bonds is 2. The lowest BCUT2D eigenvalue weighted by Crippen LogP contribution is -2.12. The zero-order valence-corrected chi connectivity index (χ0v) is 5.85. The van der Waals surface area contributed by atoms with Crippen molar-refractivity contribution in [3.63, 3.8) is 0 Å². The zero-order valence-electron chi connectivity index (χ0n) is 5.85. The van der Waals surface area contributed by atoms with Gasteiger partial charge in [0.25, 0.3) is 0 Å². The van der Waals surface area contributed by atoms with Crippen LogP contribution in [0.5, 0.6) is 0 Å². The zero-order chi connectivity index (χ0) is 9.14. The van der Waals surface area contributed by atoms with Gasteiger partial charge in [0.1, 0.15) is 0 Å². The molecule has 0 aromatic carbocycles. The molecule has 1 aromatic heterocycles. The summed E-state index contributed by atoms with van der Waals surface area (Å²) in [6, 6.07) is 0. The Bertz CT molecular complexity index is 295. The fourth-order valence-corrected chi connectivity index (χ4v) is 0.635. The molecule has 1 aromatic rings. The quantitative estimate of drug-likeness (QED) is 0.296. The van der Waals surface area contributed by atoms with Gasteiger partial charge in [-0.05, 0) is 0 Å². The SMILES string of the molecule is NC(=NO)c1cnn(C(F)F)c1. The molecule has 0 aliphatic rings. The molecule has 12 heavy (non-hydrogen) atoms. The normalized spacial score (nSPS) is 12.4. The van der Waals surface area contributed by atoms with Crippen LogP contribution < -0.4 is 5.73 Å². The summed E-state index contributed by atoms with van der Waals surface area (Å²) in [5.74, 6) is -0.248. The summed E-state index contributed by atoms with van der Waals surface area (Å²) in [5.41, 5.74) is 5.26. The second-order valence-corrected chi connectivity index (χ2v) is 1.97. The largest absolute Gasteiger partial charge is 0.409 e. The summed E-state index contributed by atoms with van der Waals surface area (Å²) in [7, 11) is 0. The Kier molecular flexibility index (Phi) is 2.22. The van der Waals surface area contributed by atoms with E-state index in [2.05, 4.69) is 10.3 Å². The number of halogens is 2. The summed E-state index contributed by atoms with van der Waals surface area (Å²) in [5, 5.41) is 14.1. The van der Waals surface area contributed by atoms with Gasteiger partial charge in [-0.25, -0.2) is 4.68 Å². The summed E-state index contributed by atoms with van der Waals surface area (Å²) in [6.45, 7) is -2.72. The molecule has 0 radical (unpaired) electrons. The molecule has 0 fully saturated rings. The van der Waals surface area contributed by atoms with Gasteiger partial charge in [-0.15, -0.1) is 0 Å². The third kappa shape index (κ3) is 1.49. The maximum Gasteiger partial charge on any atom is 0.333 e. The molecule has 0 saturated carbocycles. The minimum atomic E-state index is -2.72. The summed E-state index contributed by atoms with van der Waals surface area (Å²) in [4.78, 5) is 0. The molecule has 0 aliphatic heterocycles. The highest BCUT2D eigenvalue weighted by Crippen LogP contribution is 2.08. The fourth-order valence-electron chi connectivity index (χ4n) is 0.635. The van der Waals surface area contributed by atoms with E-state index in [1.165, 1.54) is 0 Å². The van der Waals surface area contributed by atoms with Crippen LogP contribution in [0.15, 0.2) is 17.5 Å². The average molecular weight is 176 g/mol. The van der Waals surface area contributed by atoms with E-state index in [0.29, 0.717) is 4.68 Å². The van der Waals surface area contributed by atoms with Gasteiger partial charge in [0.05, 0.1) is 11.8 Å². The second kappa shape index (κ2) is 3.16. The van der Waals surface area contributed by atoms with Gasteiger partial charge in [-0.2, -0.15) is 13.9 Å². The van der Waals surface area contributed by atoms with E-state index in [9.17, 15) is 8.78 Å². The van der Waals surface area contributed by atoms with Crippen molar-refractivity contribution in [1.29, 1.82) is 0 Å². The first kappa shape index (κ1) is 8.44. The molecule has 0 aliphatic carbocycles. The predicted octanol–water partition coefficient (Wildman–Crippen LogP) is 0.373. The highest BCUT2D eigenvalue weighted by molar-refractivity contribution is 5.96. The number of amidine groups is 1. The summed E-state index contributed by atoms with van der Waals surface area (Å²) in [6.07, 6.45) is 2.07. The van der Waals surface area contributed by atoms with Crippen molar-refractivity contribution < 1.29 is 14.0 Å². The van der Waals surface area contributed by atoms with Crippen LogP contribution in [0.25, 0.3) is 0 Å². The van der Waals surface area contributed by atoms with Crippen LogP contribution in [0.3, 0.4) is 0 Å². The van der Waals surface area contributed by atoms with Gasteiger partial charge < -0.3 is 10.9 Å². The van der Waals surface area contributed by atoms with Crippen LogP contribution in [0.4, 0.5) is 8.78 Å². The Morgan fingerprint density at radius 1 is 1.75 bits per heavy atom. The van der Waals surface area contributed by atoms with Crippen molar-refractivity contribution in [2.45, 2.75) is 6.55 Å². The fraction of sp³-hybridized carbons (Fsp3) is 0.200. The molecule has 0 amide bonds. The van der Waals surface area contributed by atoms with Crippen LogP contribution in [0.2, 0.25) is 0 Å². The first-order valence-electron chi connectivity index (χ1n) is 2.95. The first-order chi connectivity index (χ1) is 5.65. The third-order valence-corrected chi connectivity index (χ3v) is 1.20. The van der Waals surface area contributed by atoms with Gasteiger partial charge in [0.15, 0.2) is 5.84 Å². The number of oxime groups is 1. The number of nitrogens with zero attached hydrogens (tertiary/aromatic N) is 3. The average Bonchev–Trinajstić information content (AvgIpc) is 2.51. The Labute approximate surface area is 66.1 Å². The van der Waals surface area contributed by atoms with E-state index in [-0.39, 0.29) is 11.4 Å². The highest BCUT2D eigenvalue weighted by atomic mass is 19.3. The highest BCUT2D eigenvalue weighted by Gasteiger charge is 2.08. The molecule has 5 nitrogen and oxygen atoms in total. The van der Waals surface area contributed by atoms with Crippen LogP contribution in [-0.4, -0.2) is 20.8 Å². The molecule has 3 N–H and O–H groups in total. The minimum Gasteiger partial charge on any atom is -0.409 e. The second-order valence-electron chi connectivity index (χ2n) is 1.97. The lowest BCUT2D eigenvalue weighted by Gasteiger charge is -1.95. The van der Waals surface area contributed by atoms with E-state index >= 15 is 0 Å². The van der Waals surface area contributed by atoms with Crippen LogP contribution in [-0.2, 0) is 0 Å². The van der Waals surface area contributed by atoms with Gasteiger partial charge in [0, 0.05) is 6.20 Å². The molecule has 0 bridgehead atoms. The number of hydrogen-bond acceptors (Lipinski definition) is 3. The van der Waals surface area contributed by atoms with Crippen molar-refractivity contribution in [3.05, 3.63) is 18.0 Å².